The van der Waals surface area contributed by atoms with Gasteiger partial charge >= 0.3 is 6.18 Å². The van der Waals surface area contributed by atoms with E-state index in [4.69, 9.17) is 0 Å². The van der Waals surface area contributed by atoms with Gasteiger partial charge in [0, 0.05) is 26.2 Å². The first-order chi connectivity index (χ1) is 14.2. The Labute approximate surface area is 173 Å². The highest BCUT2D eigenvalue weighted by atomic mass is 19.4. The lowest BCUT2D eigenvalue weighted by Gasteiger charge is -2.42. The van der Waals surface area contributed by atoms with Crippen LogP contribution in [0.3, 0.4) is 0 Å². The summed E-state index contributed by atoms with van der Waals surface area (Å²) in [7, 11) is 0. The maximum atomic E-state index is 12.8. The second-order valence-corrected chi connectivity index (χ2v) is 7.67. The molecular formula is C22H25F3N2O3. The van der Waals surface area contributed by atoms with Gasteiger partial charge in [-0.25, -0.2) is 0 Å². The molecule has 3 rings (SSSR count). The number of amides is 1. The van der Waals surface area contributed by atoms with Crippen molar-refractivity contribution < 1.29 is 28.2 Å². The number of benzene rings is 2. The maximum Gasteiger partial charge on any atom is 0.416 e. The normalized spacial score (nSPS) is 22.2. The first-order valence-electron chi connectivity index (χ1n) is 9.76. The summed E-state index contributed by atoms with van der Waals surface area (Å²) >= 11 is 0. The topological polar surface area (TPSA) is 72.8 Å². The Balaban J connectivity index is 1.51. The van der Waals surface area contributed by atoms with Crippen molar-refractivity contribution in [3.05, 3.63) is 71.3 Å². The average molecular weight is 422 g/mol. The van der Waals surface area contributed by atoms with Crippen LogP contribution in [0.1, 0.15) is 23.1 Å². The molecule has 1 fully saturated rings. The van der Waals surface area contributed by atoms with Crippen molar-refractivity contribution in [2.45, 2.75) is 37.3 Å². The van der Waals surface area contributed by atoms with E-state index in [1.165, 1.54) is 11.0 Å². The third kappa shape index (κ3) is 5.59. The standard InChI is InChI=1S/C22H25F3N2O3/c23-22(24,25)18-8-4-7-17(11-18)13-26-15-21(30)9-10-27(14-19(21)28)20(29)12-16-5-2-1-3-6-16/h1-8,11,19,26,28,30H,9-10,12-15H2/t19-,21-/m0/s1. The van der Waals surface area contributed by atoms with Crippen LogP contribution >= 0.6 is 0 Å². The van der Waals surface area contributed by atoms with Crippen LogP contribution in [0.2, 0.25) is 0 Å². The van der Waals surface area contributed by atoms with Crippen LogP contribution in [0.5, 0.6) is 0 Å². The predicted molar refractivity (Wildman–Crippen MR) is 105 cm³/mol. The molecule has 0 aromatic heterocycles. The monoisotopic (exact) mass is 422 g/mol. The lowest BCUT2D eigenvalue weighted by Crippen LogP contribution is -2.60. The summed E-state index contributed by atoms with van der Waals surface area (Å²) in [5, 5.41) is 24.1. The molecule has 0 saturated carbocycles. The van der Waals surface area contributed by atoms with Crippen molar-refractivity contribution in [3.63, 3.8) is 0 Å². The van der Waals surface area contributed by atoms with Crippen LogP contribution in [0, 0.1) is 0 Å². The predicted octanol–water partition coefficient (Wildman–Crippen LogP) is 2.36. The average Bonchev–Trinajstić information content (AvgIpc) is 2.70. The molecule has 30 heavy (non-hydrogen) atoms. The minimum Gasteiger partial charge on any atom is -0.388 e. The number of carbonyl (C=O) groups is 1. The van der Waals surface area contributed by atoms with E-state index in [0.29, 0.717) is 12.1 Å². The zero-order valence-corrected chi connectivity index (χ0v) is 16.4. The number of halogens is 3. The summed E-state index contributed by atoms with van der Waals surface area (Å²) in [6.45, 7) is 0.429. The third-order valence-electron chi connectivity index (χ3n) is 5.39. The fourth-order valence-electron chi connectivity index (χ4n) is 3.56. The number of rotatable bonds is 6. The van der Waals surface area contributed by atoms with Gasteiger partial charge in [0.05, 0.1) is 12.0 Å². The van der Waals surface area contributed by atoms with Gasteiger partial charge in [0.1, 0.15) is 11.7 Å². The number of nitrogens with one attached hydrogen (secondary N) is 1. The van der Waals surface area contributed by atoms with Gasteiger partial charge in [0.15, 0.2) is 0 Å². The van der Waals surface area contributed by atoms with Crippen molar-refractivity contribution >= 4 is 5.91 Å². The van der Waals surface area contributed by atoms with Crippen molar-refractivity contribution in [3.8, 4) is 0 Å². The number of hydrogen-bond donors (Lipinski definition) is 3. The molecule has 8 heteroatoms. The molecule has 1 amide bonds. The Hall–Kier alpha value is -2.42. The van der Waals surface area contributed by atoms with Crippen molar-refractivity contribution in [1.82, 2.24) is 10.2 Å². The second kappa shape index (κ2) is 9.16. The Kier molecular flexibility index (Phi) is 6.80. The fourth-order valence-corrected chi connectivity index (χ4v) is 3.56. The molecule has 0 aliphatic carbocycles. The van der Waals surface area contributed by atoms with Gasteiger partial charge in [-0.2, -0.15) is 13.2 Å². The summed E-state index contributed by atoms with van der Waals surface area (Å²) in [6.07, 6.45) is -5.17. The first-order valence-corrected chi connectivity index (χ1v) is 9.76. The fraction of sp³-hybridized carbons (Fsp3) is 0.409. The molecular weight excluding hydrogens is 397 g/mol. The van der Waals surface area contributed by atoms with E-state index in [1.54, 1.807) is 6.07 Å². The van der Waals surface area contributed by atoms with Crippen LogP contribution in [-0.2, 0) is 23.9 Å². The molecule has 2 aromatic rings. The zero-order chi connectivity index (χ0) is 21.8. The molecule has 0 spiro atoms. The Morgan fingerprint density at radius 3 is 2.50 bits per heavy atom. The van der Waals surface area contributed by atoms with Crippen LogP contribution < -0.4 is 5.32 Å². The van der Waals surface area contributed by atoms with E-state index in [2.05, 4.69) is 5.32 Å². The van der Waals surface area contributed by atoms with Gasteiger partial charge < -0.3 is 20.4 Å². The van der Waals surface area contributed by atoms with E-state index >= 15 is 0 Å². The first kappa shape index (κ1) is 22.3. The summed E-state index contributed by atoms with van der Waals surface area (Å²) in [6, 6.07) is 14.2. The molecule has 1 heterocycles. The SMILES string of the molecule is O=C(Cc1ccccc1)N1CC[C@](O)(CNCc2cccc(C(F)(F)F)c2)[C@@H](O)C1. The van der Waals surface area contributed by atoms with E-state index in [0.717, 1.165) is 17.7 Å². The van der Waals surface area contributed by atoms with Crippen LogP contribution in [0.25, 0.3) is 0 Å². The lowest BCUT2D eigenvalue weighted by atomic mass is 9.88. The van der Waals surface area contributed by atoms with Crippen molar-refractivity contribution in [2.75, 3.05) is 19.6 Å². The van der Waals surface area contributed by atoms with Gasteiger partial charge in [0.25, 0.3) is 0 Å². The molecule has 5 nitrogen and oxygen atoms in total. The summed E-state index contributed by atoms with van der Waals surface area (Å²) < 4.78 is 38.4. The number of carbonyl (C=O) groups excluding carboxylic acids is 1. The molecule has 0 unspecified atom stereocenters. The highest BCUT2D eigenvalue weighted by Gasteiger charge is 2.41. The van der Waals surface area contributed by atoms with E-state index in [1.807, 2.05) is 30.3 Å². The van der Waals surface area contributed by atoms with Crippen LogP contribution in [-0.4, -0.2) is 52.4 Å². The number of alkyl halides is 3. The van der Waals surface area contributed by atoms with Crippen LogP contribution in [0.15, 0.2) is 54.6 Å². The molecule has 2 atom stereocenters. The number of aliphatic hydroxyl groups is 2. The maximum absolute atomic E-state index is 12.8. The molecule has 1 aliphatic rings. The molecule has 162 valence electrons. The lowest BCUT2D eigenvalue weighted by molar-refractivity contribution is -0.148. The Bertz CT molecular complexity index is 860. The van der Waals surface area contributed by atoms with Gasteiger partial charge in [-0.1, -0.05) is 48.5 Å². The number of β-amino-alcohol motifs (C(OH)–C–C–N with tert-alkyl or cyclic N) is 1. The summed E-state index contributed by atoms with van der Waals surface area (Å²) in [4.78, 5) is 14.0. The largest absolute Gasteiger partial charge is 0.416 e. The number of likely N-dealkylation sites (tertiary alicyclic amines) is 1. The van der Waals surface area contributed by atoms with Gasteiger partial charge in [0.2, 0.25) is 5.91 Å². The second-order valence-electron chi connectivity index (χ2n) is 7.67. The Morgan fingerprint density at radius 1 is 1.13 bits per heavy atom. The Morgan fingerprint density at radius 2 is 1.83 bits per heavy atom. The summed E-state index contributed by atoms with van der Waals surface area (Å²) in [5.41, 5.74) is -0.879. The van der Waals surface area contributed by atoms with Gasteiger partial charge in [-0.15, -0.1) is 0 Å². The molecule has 0 bridgehead atoms. The smallest absolute Gasteiger partial charge is 0.388 e. The molecule has 2 aromatic carbocycles. The van der Waals surface area contributed by atoms with E-state index in [-0.39, 0.29) is 38.4 Å². The highest BCUT2D eigenvalue weighted by molar-refractivity contribution is 5.79. The number of aliphatic hydroxyl groups excluding tert-OH is 1. The summed E-state index contributed by atoms with van der Waals surface area (Å²) in [5.74, 6) is -0.126. The number of hydrogen-bond acceptors (Lipinski definition) is 4. The van der Waals surface area contributed by atoms with E-state index < -0.39 is 23.4 Å². The van der Waals surface area contributed by atoms with E-state index in [9.17, 15) is 28.2 Å². The van der Waals surface area contributed by atoms with Crippen LogP contribution in [0.4, 0.5) is 13.2 Å². The zero-order valence-electron chi connectivity index (χ0n) is 16.4. The minimum absolute atomic E-state index is 0.00509. The molecule has 1 aliphatic heterocycles. The van der Waals surface area contributed by atoms with Gasteiger partial charge in [-0.05, 0) is 23.6 Å². The molecule has 1 saturated heterocycles. The highest BCUT2D eigenvalue weighted by Crippen LogP contribution is 2.29. The third-order valence-corrected chi connectivity index (χ3v) is 5.39. The quantitative estimate of drug-likeness (QED) is 0.669. The molecule has 0 radical (unpaired) electrons. The number of nitrogens with zero attached hydrogens (tertiary/aromatic N) is 1. The van der Waals surface area contributed by atoms with Crippen molar-refractivity contribution in [1.29, 1.82) is 0 Å². The van der Waals surface area contributed by atoms with Crippen molar-refractivity contribution in [2.24, 2.45) is 0 Å². The molecule has 3 N–H and O–H groups in total. The number of piperidine rings is 1. The van der Waals surface area contributed by atoms with Gasteiger partial charge in [-0.3, -0.25) is 4.79 Å². The minimum atomic E-state index is -4.41.